The second-order valence-electron chi connectivity index (χ2n) is 24.6. The van der Waals surface area contributed by atoms with Crippen LogP contribution in [0.2, 0.25) is 0 Å². The Labute approximate surface area is 570 Å². The second-order valence-corrected chi connectivity index (χ2v) is 24.6. The summed E-state index contributed by atoms with van der Waals surface area (Å²) in [5, 5.41) is 25.8. The van der Waals surface area contributed by atoms with Crippen molar-refractivity contribution in [3.8, 4) is 135 Å². The molecule has 4 nitrogen and oxygen atoms in total. The van der Waals surface area contributed by atoms with Crippen molar-refractivity contribution in [1.29, 1.82) is 10.5 Å². The minimum absolute atomic E-state index is 0.633. The van der Waals surface area contributed by atoms with Gasteiger partial charge >= 0.3 is 0 Å². The maximum absolute atomic E-state index is 9.75. The van der Waals surface area contributed by atoms with E-state index in [9.17, 15) is 10.5 Å². The van der Waals surface area contributed by atoms with E-state index >= 15 is 0 Å². The van der Waals surface area contributed by atoms with Gasteiger partial charge in [-0.2, -0.15) is 10.5 Å². The molecule has 0 radical (unpaired) electrons. The molecule has 0 bridgehead atoms. The minimum atomic E-state index is 0.633. The quantitative estimate of drug-likeness (QED) is 0.121. The van der Waals surface area contributed by atoms with Crippen LogP contribution in [-0.2, 0) is 0 Å². The highest BCUT2D eigenvalue weighted by Crippen LogP contribution is 2.44. The topological polar surface area (TPSA) is 73.4 Å². The molecule has 17 aromatic rings. The predicted molar refractivity (Wildman–Crippen MR) is 408 cm³/mol. The second kappa shape index (κ2) is 26.6. The number of nitriles is 2. The number of aromatic nitrogens is 2. The van der Waals surface area contributed by atoms with Crippen LogP contribution in [0.3, 0.4) is 0 Å². The molecule has 0 aliphatic rings. The Morgan fingerprint density at radius 2 is 0.429 bits per heavy atom. The van der Waals surface area contributed by atoms with E-state index in [1.165, 1.54) is 61.0 Å². The largest absolute Gasteiger partial charge is 0.247 e. The molecule has 98 heavy (non-hydrogen) atoms. The standard InChI is InChI=1S/C50H32N2.C44H28N2/c51-33-34-15-17-37(18-16-34)40-21-27-42(28-22-40)47-32-49(43-29-23-39(24-30-43)36-11-5-2-6-12-36)52-50-45-14-8-7-13-44(45)46(31-48(47)50)41-25-19-38(20-26-41)35-9-3-1-4-10-35;45-29-30-10-9-15-37(26-30)41-28-43(36-24-20-34(21-25-36)32-13-5-2-6-14-32)46-44-39-17-8-7-16-38(39)40(27-42(41)44)35-22-18-33(19-23-35)31-11-3-1-4-12-31/h1-32H;1-28H. The number of fused-ring (bicyclic) bond motifs is 6. The first-order chi connectivity index (χ1) is 48.5. The number of pyridine rings is 2. The van der Waals surface area contributed by atoms with Crippen LogP contribution in [0.15, 0.2) is 364 Å². The van der Waals surface area contributed by atoms with E-state index in [0.29, 0.717) is 11.1 Å². The van der Waals surface area contributed by atoms with Gasteiger partial charge in [0.1, 0.15) is 0 Å². The monoisotopic (exact) mass is 1240 g/mol. The number of hydrogen-bond acceptors (Lipinski definition) is 4. The van der Waals surface area contributed by atoms with Crippen LogP contribution in [0.1, 0.15) is 11.1 Å². The van der Waals surface area contributed by atoms with Crippen LogP contribution in [0, 0.1) is 22.7 Å². The maximum atomic E-state index is 9.75. The highest BCUT2D eigenvalue weighted by Gasteiger charge is 2.20. The van der Waals surface area contributed by atoms with Crippen LogP contribution in [0.5, 0.6) is 0 Å². The lowest BCUT2D eigenvalue weighted by Gasteiger charge is -2.16. The van der Waals surface area contributed by atoms with Gasteiger partial charge in [-0.25, -0.2) is 9.97 Å². The maximum Gasteiger partial charge on any atom is 0.0991 e. The average Bonchev–Trinajstić information content (AvgIpc) is 0.747. The van der Waals surface area contributed by atoms with Gasteiger partial charge in [-0.05, 0) is 159 Å². The van der Waals surface area contributed by atoms with Crippen molar-refractivity contribution in [2.75, 3.05) is 0 Å². The van der Waals surface area contributed by atoms with Gasteiger partial charge in [-0.1, -0.05) is 315 Å². The van der Waals surface area contributed by atoms with E-state index < -0.39 is 0 Å². The Hall–Kier alpha value is -13.4. The summed E-state index contributed by atoms with van der Waals surface area (Å²) in [7, 11) is 0. The zero-order chi connectivity index (χ0) is 65.7. The summed E-state index contributed by atoms with van der Waals surface area (Å²) >= 11 is 0. The number of rotatable bonds is 11. The van der Waals surface area contributed by atoms with Crippen LogP contribution < -0.4 is 0 Å². The Morgan fingerprint density at radius 3 is 0.765 bits per heavy atom. The van der Waals surface area contributed by atoms with Crippen LogP contribution in [-0.4, -0.2) is 9.97 Å². The average molecular weight is 1250 g/mol. The molecule has 0 atom stereocenters. The van der Waals surface area contributed by atoms with Gasteiger partial charge in [0.2, 0.25) is 0 Å². The van der Waals surface area contributed by atoms with Gasteiger partial charge in [-0.15, -0.1) is 0 Å². The molecule has 0 saturated heterocycles. The molecule has 0 aliphatic heterocycles. The number of benzene rings is 15. The highest BCUT2D eigenvalue weighted by molar-refractivity contribution is 6.18. The van der Waals surface area contributed by atoms with Crippen molar-refractivity contribution in [3.05, 3.63) is 375 Å². The first-order valence-corrected chi connectivity index (χ1v) is 32.9. The molecule has 0 saturated carbocycles. The third-order valence-corrected chi connectivity index (χ3v) is 18.7. The van der Waals surface area contributed by atoms with Crippen molar-refractivity contribution in [2.24, 2.45) is 0 Å². The van der Waals surface area contributed by atoms with Crippen molar-refractivity contribution >= 4 is 43.4 Å². The van der Waals surface area contributed by atoms with Crippen molar-refractivity contribution < 1.29 is 0 Å². The minimum Gasteiger partial charge on any atom is -0.247 e. The van der Waals surface area contributed by atoms with Crippen molar-refractivity contribution in [1.82, 2.24) is 9.97 Å². The molecule has 15 aromatic carbocycles. The van der Waals surface area contributed by atoms with Crippen LogP contribution in [0.4, 0.5) is 0 Å². The fourth-order valence-corrected chi connectivity index (χ4v) is 13.6. The fourth-order valence-electron chi connectivity index (χ4n) is 13.6. The Balaban J connectivity index is 0.000000154. The summed E-state index contributed by atoms with van der Waals surface area (Å²) in [6.07, 6.45) is 0. The molecule has 2 aromatic heterocycles. The lowest BCUT2D eigenvalue weighted by molar-refractivity contribution is 1.40. The summed E-state index contributed by atoms with van der Waals surface area (Å²) in [5.41, 5.74) is 27.8. The van der Waals surface area contributed by atoms with E-state index in [1.807, 2.05) is 60.7 Å². The molecular formula is C94H60N4. The molecule has 0 N–H and O–H groups in total. The molecule has 0 fully saturated rings. The summed E-state index contributed by atoms with van der Waals surface area (Å²) < 4.78 is 0. The lowest BCUT2D eigenvalue weighted by Crippen LogP contribution is -1.94. The number of nitrogens with zero attached hydrogens (tertiary/aromatic N) is 4. The first-order valence-electron chi connectivity index (χ1n) is 32.9. The fraction of sp³-hybridized carbons (Fsp3) is 0. The molecule has 4 heteroatoms. The summed E-state index contributed by atoms with van der Waals surface area (Å²) in [5.74, 6) is 0. The summed E-state index contributed by atoms with van der Waals surface area (Å²) in [4.78, 5) is 10.7. The van der Waals surface area contributed by atoms with Gasteiger partial charge in [-0.3, -0.25) is 0 Å². The Kier molecular flexibility index (Phi) is 16.2. The zero-order valence-corrected chi connectivity index (χ0v) is 53.4. The van der Waals surface area contributed by atoms with Crippen molar-refractivity contribution in [2.45, 2.75) is 0 Å². The molecule has 17 rings (SSSR count). The SMILES string of the molecule is N#Cc1ccc(-c2ccc(-c3cc(-c4ccc(-c5ccccc5)cc4)nc4c3cc(-c3ccc(-c5ccccc5)cc3)c3ccccc34)cc2)cc1.N#Cc1cccc(-c2cc(-c3ccc(-c4ccccc4)cc3)nc3c2cc(-c2ccc(-c4ccccc4)cc2)c2ccccc23)c1. The van der Waals surface area contributed by atoms with Gasteiger partial charge < -0.3 is 0 Å². The summed E-state index contributed by atoms with van der Waals surface area (Å²) in [6, 6.07) is 132. The molecule has 0 unspecified atom stereocenters. The van der Waals surface area contributed by atoms with Gasteiger partial charge in [0.05, 0.1) is 45.7 Å². The third-order valence-electron chi connectivity index (χ3n) is 18.7. The van der Waals surface area contributed by atoms with E-state index in [1.54, 1.807) is 0 Å². The predicted octanol–water partition coefficient (Wildman–Crippen LogP) is 24.9. The Morgan fingerprint density at radius 1 is 0.173 bits per heavy atom. The summed E-state index contributed by atoms with van der Waals surface area (Å²) in [6.45, 7) is 0. The van der Waals surface area contributed by atoms with Gasteiger partial charge in [0, 0.05) is 32.7 Å². The van der Waals surface area contributed by atoms with Crippen LogP contribution >= 0.6 is 0 Å². The Bertz CT molecular complexity index is 5840. The van der Waals surface area contributed by atoms with E-state index in [2.05, 4.69) is 315 Å². The smallest absolute Gasteiger partial charge is 0.0991 e. The van der Waals surface area contributed by atoms with E-state index in [-0.39, 0.29) is 0 Å². The molecule has 0 spiro atoms. The molecule has 456 valence electrons. The number of hydrogen-bond donors (Lipinski definition) is 0. The third kappa shape index (κ3) is 11.9. The van der Waals surface area contributed by atoms with Gasteiger partial charge in [0.25, 0.3) is 0 Å². The zero-order valence-electron chi connectivity index (χ0n) is 53.4. The lowest BCUT2D eigenvalue weighted by atomic mass is 9.90. The first kappa shape index (κ1) is 59.6. The molecular weight excluding hydrogens is 1190 g/mol. The van der Waals surface area contributed by atoms with Crippen molar-refractivity contribution in [3.63, 3.8) is 0 Å². The molecule has 0 amide bonds. The molecule has 2 heterocycles. The van der Waals surface area contributed by atoms with E-state index in [0.717, 1.165) is 105 Å². The molecule has 0 aliphatic carbocycles. The normalized spacial score (nSPS) is 11.0. The van der Waals surface area contributed by atoms with Crippen LogP contribution in [0.25, 0.3) is 166 Å². The van der Waals surface area contributed by atoms with E-state index in [4.69, 9.17) is 9.97 Å². The highest BCUT2D eigenvalue weighted by atomic mass is 14.7. The van der Waals surface area contributed by atoms with Gasteiger partial charge in [0.15, 0.2) is 0 Å².